The summed E-state index contributed by atoms with van der Waals surface area (Å²) in [4.78, 5) is 20.8. The van der Waals surface area contributed by atoms with Gasteiger partial charge in [0.15, 0.2) is 5.71 Å². The molecule has 0 bridgehead atoms. The largest absolute Gasteiger partial charge is 0.487 e. The predicted molar refractivity (Wildman–Crippen MR) is 112 cm³/mol. The Labute approximate surface area is 175 Å². The van der Waals surface area contributed by atoms with Crippen LogP contribution in [0.2, 0.25) is 0 Å². The first-order valence-electron chi connectivity index (χ1n) is 9.60. The molecule has 7 nitrogen and oxygen atoms in total. The zero-order valence-corrected chi connectivity index (χ0v) is 17.2. The van der Waals surface area contributed by atoms with E-state index in [0.717, 1.165) is 22.6 Å². The second kappa shape index (κ2) is 9.73. The molecule has 0 saturated heterocycles. The maximum absolute atomic E-state index is 11.1. The molecule has 1 N–H and O–H groups in total. The van der Waals surface area contributed by atoms with Gasteiger partial charge in [-0.25, -0.2) is 9.78 Å². The average molecular weight is 408 g/mol. The molecule has 0 spiro atoms. The molecular weight excluding hydrogens is 384 g/mol. The Bertz CT molecular complexity index is 1010. The van der Waals surface area contributed by atoms with E-state index in [1.807, 2.05) is 61.5 Å². The van der Waals surface area contributed by atoms with Crippen LogP contribution in [0.3, 0.4) is 0 Å². The number of aryl methyl sites for hydroxylation is 1. The van der Waals surface area contributed by atoms with Crippen LogP contribution in [-0.2, 0) is 22.8 Å². The molecule has 1 heterocycles. The van der Waals surface area contributed by atoms with Crippen molar-refractivity contribution >= 4 is 11.7 Å². The summed E-state index contributed by atoms with van der Waals surface area (Å²) in [6, 6.07) is 17.0. The van der Waals surface area contributed by atoms with Gasteiger partial charge in [0.05, 0.1) is 0 Å². The van der Waals surface area contributed by atoms with E-state index in [1.165, 1.54) is 0 Å². The SMILES string of the molecule is Cc1oc(-c2ccccc2)nc1COc1ccc(CON=C(C(=O)O)C(C)C)cc1. The third-order valence-corrected chi connectivity index (χ3v) is 4.37. The molecule has 0 radical (unpaired) electrons. The number of hydrogen-bond donors (Lipinski definition) is 1. The van der Waals surface area contributed by atoms with E-state index >= 15 is 0 Å². The number of carboxylic acids is 1. The molecule has 0 saturated carbocycles. The Hall–Kier alpha value is -3.61. The van der Waals surface area contributed by atoms with Crippen molar-refractivity contribution in [2.75, 3.05) is 0 Å². The number of rotatable bonds is 9. The normalized spacial score (nSPS) is 11.5. The summed E-state index contributed by atoms with van der Waals surface area (Å²) < 4.78 is 11.6. The van der Waals surface area contributed by atoms with Gasteiger partial charge in [-0.1, -0.05) is 49.3 Å². The minimum absolute atomic E-state index is 0.00666. The highest BCUT2D eigenvalue weighted by atomic mass is 16.6. The highest BCUT2D eigenvalue weighted by Gasteiger charge is 2.15. The van der Waals surface area contributed by atoms with Crippen LogP contribution >= 0.6 is 0 Å². The Morgan fingerprint density at radius 2 is 1.80 bits per heavy atom. The molecule has 0 fully saturated rings. The van der Waals surface area contributed by atoms with Crippen molar-refractivity contribution in [3.05, 3.63) is 71.6 Å². The highest BCUT2D eigenvalue weighted by molar-refractivity contribution is 6.36. The molecule has 0 aliphatic heterocycles. The van der Waals surface area contributed by atoms with Gasteiger partial charge in [0, 0.05) is 11.5 Å². The van der Waals surface area contributed by atoms with Crippen LogP contribution in [0, 0.1) is 12.8 Å². The lowest BCUT2D eigenvalue weighted by molar-refractivity contribution is -0.129. The summed E-state index contributed by atoms with van der Waals surface area (Å²) in [5, 5.41) is 12.8. The van der Waals surface area contributed by atoms with Gasteiger partial charge in [-0.05, 0) is 36.8 Å². The highest BCUT2D eigenvalue weighted by Crippen LogP contribution is 2.22. The fraction of sp³-hybridized carbons (Fsp3) is 0.261. The Kier molecular flexibility index (Phi) is 6.85. The number of hydrogen-bond acceptors (Lipinski definition) is 6. The minimum atomic E-state index is -1.08. The Morgan fingerprint density at radius 1 is 1.10 bits per heavy atom. The number of aliphatic carboxylic acids is 1. The van der Waals surface area contributed by atoms with E-state index in [9.17, 15) is 4.79 Å². The molecule has 3 rings (SSSR count). The summed E-state index contributed by atoms with van der Waals surface area (Å²) in [7, 11) is 0. The number of oxime groups is 1. The van der Waals surface area contributed by atoms with Crippen LogP contribution in [0.1, 0.15) is 30.9 Å². The minimum Gasteiger partial charge on any atom is -0.487 e. The third-order valence-electron chi connectivity index (χ3n) is 4.37. The van der Waals surface area contributed by atoms with E-state index in [4.69, 9.17) is 19.1 Å². The zero-order valence-electron chi connectivity index (χ0n) is 17.2. The molecule has 0 aliphatic carbocycles. The maximum Gasteiger partial charge on any atom is 0.353 e. The lowest BCUT2D eigenvalue weighted by atomic mass is 10.1. The second-order valence-corrected chi connectivity index (χ2v) is 7.03. The van der Waals surface area contributed by atoms with Crippen molar-refractivity contribution < 1.29 is 23.9 Å². The fourth-order valence-corrected chi connectivity index (χ4v) is 2.67. The fourth-order valence-electron chi connectivity index (χ4n) is 2.67. The van der Waals surface area contributed by atoms with Gasteiger partial charge in [0.1, 0.15) is 30.4 Å². The van der Waals surface area contributed by atoms with Crippen LogP contribution in [0.15, 0.2) is 64.2 Å². The molecule has 156 valence electrons. The van der Waals surface area contributed by atoms with Crippen LogP contribution < -0.4 is 4.74 Å². The smallest absolute Gasteiger partial charge is 0.353 e. The Morgan fingerprint density at radius 3 is 2.43 bits per heavy atom. The molecule has 3 aromatic rings. The third kappa shape index (κ3) is 5.47. The summed E-state index contributed by atoms with van der Waals surface area (Å²) in [5.41, 5.74) is 2.50. The number of oxazole rings is 1. The van der Waals surface area contributed by atoms with Crippen LogP contribution in [-0.4, -0.2) is 21.8 Å². The van der Waals surface area contributed by atoms with Gasteiger partial charge in [-0.2, -0.15) is 0 Å². The van der Waals surface area contributed by atoms with Gasteiger partial charge in [0.2, 0.25) is 5.89 Å². The van der Waals surface area contributed by atoms with Gasteiger partial charge in [-0.15, -0.1) is 0 Å². The lowest BCUT2D eigenvalue weighted by Crippen LogP contribution is -2.19. The van der Waals surface area contributed by atoms with Gasteiger partial charge >= 0.3 is 5.97 Å². The number of carbonyl (C=O) groups is 1. The number of carboxylic acid groups (broad SMARTS) is 1. The first kappa shape index (κ1) is 21.1. The molecular formula is C23H24N2O5. The molecule has 1 aromatic heterocycles. The van der Waals surface area contributed by atoms with E-state index in [2.05, 4.69) is 10.1 Å². The van der Waals surface area contributed by atoms with Gasteiger partial charge < -0.3 is 19.1 Å². The van der Waals surface area contributed by atoms with E-state index < -0.39 is 5.97 Å². The summed E-state index contributed by atoms with van der Waals surface area (Å²) in [5.74, 6) is 0.672. The molecule has 7 heteroatoms. The van der Waals surface area contributed by atoms with Crippen LogP contribution in [0.25, 0.3) is 11.5 Å². The van der Waals surface area contributed by atoms with Gasteiger partial charge in [0.25, 0.3) is 0 Å². The van der Waals surface area contributed by atoms with Crippen molar-refractivity contribution in [1.82, 2.24) is 4.98 Å². The molecule has 2 aromatic carbocycles. The predicted octanol–water partition coefficient (Wildman–Crippen LogP) is 4.84. The number of ether oxygens (including phenoxy) is 1. The van der Waals surface area contributed by atoms with Crippen molar-refractivity contribution in [2.24, 2.45) is 11.1 Å². The number of benzene rings is 2. The van der Waals surface area contributed by atoms with E-state index in [0.29, 0.717) is 18.2 Å². The Balaban J connectivity index is 1.56. The summed E-state index contributed by atoms with van der Waals surface area (Å²) in [6.45, 7) is 5.83. The zero-order chi connectivity index (χ0) is 21.5. The lowest BCUT2D eigenvalue weighted by Gasteiger charge is -2.07. The molecule has 30 heavy (non-hydrogen) atoms. The van der Waals surface area contributed by atoms with E-state index in [-0.39, 0.29) is 18.2 Å². The maximum atomic E-state index is 11.1. The van der Waals surface area contributed by atoms with Crippen LogP contribution in [0.4, 0.5) is 0 Å². The first-order valence-corrected chi connectivity index (χ1v) is 9.60. The molecule has 0 atom stereocenters. The summed E-state index contributed by atoms with van der Waals surface area (Å²) >= 11 is 0. The quantitative estimate of drug-likeness (QED) is 0.402. The second-order valence-electron chi connectivity index (χ2n) is 7.03. The topological polar surface area (TPSA) is 94.2 Å². The monoisotopic (exact) mass is 408 g/mol. The van der Waals surface area contributed by atoms with Crippen LogP contribution in [0.5, 0.6) is 5.75 Å². The summed E-state index contributed by atoms with van der Waals surface area (Å²) in [6.07, 6.45) is 0. The average Bonchev–Trinajstić information content (AvgIpc) is 3.11. The van der Waals surface area contributed by atoms with E-state index in [1.54, 1.807) is 13.8 Å². The van der Waals surface area contributed by atoms with Crippen molar-refractivity contribution in [1.29, 1.82) is 0 Å². The number of aromatic nitrogens is 1. The van der Waals surface area contributed by atoms with Crippen molar-refractivity contribution in [3.63, 3.8) is 0 Å². The number of nitrogens with zero attached hydrogens (tertiary/aromatic N) is 2. The van der Waals surface area contributed by atoms with Crippen molar-refractivity contribution in [2.45, 2.75) is 34.0 Å². The first-order chi connectivity index (χ1) is 14.4. The van der Waals surface area contributed by atoms with Gasteiger partial charge in [-0.3, -0.25) is 0 Å². The molecule has 0 unspecified atom stereocenters. The van der Waals surface area contributed by atoms with Crippen molar-refractivity contribution in [3.8, 4) is 17.2 Å². The molecule has 0 aliphatic rings. The standard InChI is InChI=1S/C23H24N2O5/c1-15(2)21(23(26)27)25-29-13-17-9-11-19(12-10-17)28-14-20-16(3)30-22(24-20)18-7-5-4-6-8-18/h4-12,15H,13-14H2,1-3H3,(H,26,27). The molecule has 0 amide bonds.